The van der Waals surface area contributed by atoms with Gasteiger partial charge in [-0.15, -0.1) is 0 Å². The maximum absolute atomic E-state index is 13.0. The Morgan fingerprint density at radius 1 is 0.484 bits per heavy atom. The normalized spacial score (nSPS) is 12.1. The average Bonchev–Trinajstić information content (AvgIpc) is 3.25. The third kappa shape index (κ3) is 9.93. The van der Waals surface area contributed by atoms with Gasteiger partial charge in [-0.05, 0) is 160 Å². The highest BCUT2D eigenvalue weighted by molar-refractivity contribution is 7.86. The Morgan fingerprint density at radius 2 is 0.906 bits per heavy atom. The summed E-state index contributed by atoms with van der Waals surface area (Å²) < 4.78 is 88.5. The number of hydrogen-bond acceptors (Lipinski definition) is 9. The van der Waals surface area contributed by atoms with Gasteiger partial charge in [0, 0.05) is 39.8 Å². The molecule has 0 bridgehead atoms. The third-order valence-electron chi connectivity index (χ3n) is 11.2. The summed E-state index contributed by atoms with van der Waals surface area (Å²) in [6.07, 6.45) is 0. The average molecular weight is 899 g/mol. The van der Waals surface area contributed by atoms with Crippen LogP contribution in [0.25, 0.3) is 0 Å². The highest BCUT2D eigenvalue weighted by Gasteiger charge is 2.28. The Hall–Kier alpha value is -6.64. The molecule has 330 valence electrons. The largest absolute Gasteiger partial charge is 0.497 e. The Kier molecular flexibility index (Phi) is 12.9. The van der Waals surface area contributed by atoms with Gasteiger partial charge in [0.15, 0.2) is 0 Å². The molecule has 4 N–H and O–H groups in total. The van der Waals surface area contributed by atoms with Crippen molar-refractivity contribution in [1.29, 1.82) is 0 Å². The molecule has 0 amide bonds. The van der Waals surface area contributed by atoms with E-state index in [1.807, 2.05) is 152 Å². The quantitative estimate of drug-likeness (QED) is 0.0607. The molecule has 0 aliphatic heterocycles. The van der Waals surface area contributed by atoms with Gasteiger partial charge >= 0.3 is 0 Å². The second-order valence-electron chi connectivity index (χ2n) is 15.9. The smallest absolute Gasteiger partial charge is 0.294 e. The van der Waals surface area contributed by atoms with Crippen LogP contribution < -0.4 is 24.8 Å². The second-order valence-corrected chi connectivity index (χ2v) is 18.8. The predicted molar refractivity (Wildman–Crippen MR) is 252 cm³/mol. The van der Waals surface area contributed by atoms with E-state index < -0.39 is 35.9 Å². The fourth-order valence-corrected chi connectivity index (χ4v) is 9.36. The molecule has 0 spiro atoms. The first-order valence-corrected chi connectivity index (χ1v) is 23.3. The summed E-state index contributed by atoms with van der Waals surface area (Å²) in [5.74, 6) is 2.74. The Morgan fingerprint density at radius 3 is 1.31 bits per heavy atom. The van der Waals surface area contributed by atoms with E-state index >= 15 is 0 Å². The van der Waals surface area contributed by atoms with Gasteiger partial charge in [-0.1, -0.05) is 60.2 Å². The SMILES string of the molecule is COc1ccc(Oc2c(C)cc(C)c(Nc3ccc(C(c4ccc(Nc5c(C)cc(C)c(Oc6ccc(C)cc6)c5C)cc4)c4ccc(S(=O)(=O)O)cc4S(=O)(=O)O)cc3)c2C)cc1. The molecule has 11 nitrogen and oxygen atoms in total. The van der Waals surface area contributed by atoms with Gasteiger partial charge in [0.05, 0.1) is 16.9 Å². The highest BCUT2D eigenvalue weighted by Crippen LogP contribution is 2.42. The molecule has 7 rings (SSSR count). The van der Waals surface area contributed by atoms with Crippen molar-refractivity contribution in [3.8, 4) is 28.7 Å². The van der Waals surface area contributed by atoms with Crippen molar-refractivity contribution in [3.63, 3.8) is 0 Å². The van der Waals surface area contributed by atoms with E-state index in [2.05, 4.69) is 16.7 Å². The van der Waals surface area contributed by atoms with Crippen molar-refractivity contribution in [1.82, 2.24) is 0 Å². The van der Waals surface area contributed by atoms with Gasteiger partial charge in [-0.25, -0.2) is 0 Å². The summed E-state index contributed by atoms with van der Waals surface area (Å²) in [4.78, 5) is -1.32. The van der Waals surface area contributed by atoms with Crippen LogP contribution in [-0.2, 0) is 20.2 Å². The molecular weight excluding hydrogens is 849 g/mol. The number of benzene rings is 7. The molecular formula is C51H50N2O9S2. The van der Waals surface area contributed by atoms with Crippen LogP contribution in [0.3, 0.4) is 0 Å². The summed E-state index contributed by atoms with van der Waals surface area (Å²) >= 11 is 0. The lowest BCUT2D eigenvalue weighted by Gasteiger charge is -2.23. The molecule has 0 radical (unpaired) electrons. The lowest BCUT2D eigenvalue weighted by atomic mass is 9.85. The summed E-state index contributed by atoms with van der Waals surface area (Å²) in [6.45, 7) is 14.0. The number of anilines is 4. The highest BCUT2D eigenvalue weighted by atomic mass is 32.2. The van der Waals surface area contributed by atoms with Gasteiger partial charge < -0.3 is 24.8 Å². The summed E-state index contributed by atoms with van der Waals surface area (Å²) in [7, 11) is -8.19. The molecule has 64 heavy (non-hydrogen) atoms. The minimum Gasteiger partial charge on any atom is -0.497 e. The Balaban J connectivity index is 1.24. The molecule has 0 saturated carbocycles. The zero-order valence-corrected chi connectivity index (χ0v) is 38.4. The van der Waals surface area contributed by atoms with E-state index in [4.69, 9.17) is 14.2 Å². The molecule has 0 aromatic heterocycles. The van der Waals surface area contributed by atoms with Crippen LogP contribution in [0, 0.1) is 48.5 Å². The van der Waals surface area contributed by atoms with E-state index in [1.54, 1.807) is 7.11 Å². The number of ether oxygens (including phenoxy) is 3. The molecule has 0 aliphatic rings. The van der Waals surface area contributed by atoms with Crippen LogP contribution in [0.2, 0.25) is 0 Å². The van der Waals surface area contributed by atoms with Crippen molar-refractivity contribution >= 4 is 43.0 Å². The lowest BCUT2D eigenvalue weighted by molar-refractivity contribution is 0.412. The number of methoxy groups -OCH3 is 1. The molecule has 1 atom stereocenters. The van der Waals surface area contributed by atoms with Crippen LogP contribution in [0.5, 0.6) is 28.7 Å². The van der Waals surface area contributed by atoms with Crippen molar-refractivity contribution in [2.24, 2.45) is 0 Å². The first kappa shape index (κ1) is 45.4. The Bertz CT molecular complexity index is 3080. The number of rotatable bonds is 14. The molecule has 0 heterocycles. The molecule has 0 aliphatic carbocycles. The van der Waals surface area contributed by atoms with Crippen LogP contribution in [0.4, 0.5) is 22.7 Å². The van der Waals surface area contributed by atoms with Gasteiger partial charge in [-0.2, -0.15) is 16.8 Å². The number of aryl methyl sites for hydroxylation is 5. The maximum Gasteiger partial charge on any atom is 0.294 e. The topological polar surface area (TPSA) is 160 Å². The molecule has 1 unspecified atom stereocenters. The van der Waals surface area contributed by atoms with E-state index in [0.717, 1.165) is 91.1 Å². The van der Waals surface area contributed by atoms with Crippen molar-refractivity contribution in [2.75, 3.05) is 17.7 Å². The van der Waals surface area contributed by atoms with Crippen molar-refractivity contribution in [3.05, 3.63) is 183 Å². The molecule has 7 aromatic rings. The zero-order valence-electron chi connectivity index (χ0n) is 36.8. The molecule has 0 fully saturated rings. The summed E-state index contributed by atoms with van der Waals surface area (Å²) in [5, 5.41) is 7.07. The lowest BCUT2D eigenvalue weighted by Crippen LogP contribution is -2.12. The molecule has 13 heteroatoms. The van der Waals surface area contributed by atoms with Gasteiger partial charge in [-0.3, -0.25) is 9.11 Å². The number of hydrogen-bond donors (Lipinski definition) is 4. The maximum atomic E-state index is 13.0. The van der Waals surface area contributed by atoms with Crippen LogP contribution in [-0.4, -0.2) is 33.1 Å². The standard InChI is InChI=1S/C51H50N2O9S2/c1-30-9-19-42(20-10-30)61-50-33(4)27-31(2)48(35(50)6)52-39-15-11-37(12-16-39)47(45-26-25-44(63(54,55)56)29-46(45)64(57,58)59)38-13-17-40(18-14-38)53-49-32(3)28-34(5)51(36(49)7)62-43-23-21-41(60-8)22-24-43/h9-29,47,52-53H,1-8H3,(H,54,55,56)(H,57,58,59). The fourth-order valence-electron chi connectivity index (χ4n) is 8.01. The Labute approximate surface area is 375 Å². The fraction of sp³-hybridized carbons (Fsp3) is 0.176. The van der Waals surface area contributed by atoms with Crippen LogP contribution in [0.1, 0.15) is 61.6 Å². The number of nitrogens with one attached hydrogen (secondary N) is 2. The van der Waals surface area contributed by atoms with Crippen LogP contribution >= 0.6 is 0 Å². The monoisotopic (exact) mass is 898 g/mol. The van der Waals surface area contributed by atoms with E-state index in [1.165, 1.54) is 6.07 Å². The zero-order chi connectivity index (χ0) is 46.1. The molecule has 7 aromatic carbocycles. The van der Waals surface area contributed by atoms with Crippen molar-refractivity contribution in [2.45, 2.75) is 64.2 Å². The van der Waals surface area contributed by atoms with Gasteiger partial charge in [0.25, 0.3) is 20.2 Å². The van der Waals surface area contributed by atoms with E-state index in [9.17, 15) is 25.9 Å². The van der Waals surface area contributed by atoms with Gasteiger partial charge in [0.1, 0.15) is 28.7 Å². The minimum absolute atomic E-state index is 0.102. The summed E-state index contributed by atoms with van der Waals surface area (Å²) in [6, 6.07) is 37.3. The van der Waals surface area contributed by atoms with E-state index in [0.29, 0.717) is 22.6 Å². The third-order valence-corrected chi connectivity index (χ3v) is 13.0. The van der Waals surface area contributed by atoms with Gasteiger partial charge in [0.2, 0.25) is 0 Å². The summed E-state index contributed by atoms with van der Waals surface area (Å²) in [5.41, 5.74) is 11.5. The predicted octanol–water partition coefficient (Wildman–Crippen LogP) is 12.6. The minimum atomic E-state index is -4.99. The first-order valence-electron chi connectivity index (χ1n) is 20.4. The second kappa shape index (κ2) is 18.2. The first-order chi connectivity index (χ1) is 30.3. The van der Waals surface area contributed by atoms with Crippen LogP contribution in [0.15, 0.2) is 137 Å². The molecule has 0 saturated heterocycles. The van der Waals surface area contributed by atoms with E-state index in [-0.39, 0.29) is 5.56 Å². The van der Waals surface area contributed by atoms with Crippen molar-refractivity contribution < 1.29 is 40.2 Å².